The number of carbonyl (C=O) groups excluding carboxylic acids is 1. The number of hydrogen-bond acceptors (Lipinski definition) is 7. The van der Waals surface area contributed by atoms with Gasteiger partial charge in [-0.15, -0.1) is 11.8 Å². The molecule has 3 aromatic rings. The maximum absolute atomic E-state index is 13.6. The molecular weight excluding hydrogens is 456 g/mol. The first-order chi connectivity index (χ1) is 16.0. The Morgan fingerprint density at radius 2 is 1.88 bits per heavy atom. The number of aromatic nitrogens is 1. The Hall–Kier alpha value is -3.10. The normalized spacial score (nSPS) is 15.8. The molecule has 0 unspecified atom stereocenters. The average molecular weight is 481 g/mol. The van der Waals surface area contributed by atoms with Crippen LogP contribution in [-0.4, -0.2) is 30.5 Å². The molecule has 0 spiro atoms. The zero-order valence-corrected chi connectivity index (χ0v) is 20.5. The van der Waals surface area contributed by atoms with E-state index >= 15 is 0 Å². The minimum absolute atomic E-state index is 0.192. The Labute approximate surface area is 199 Å². The highest BCUT2D eigenvalue weighted by Gasteiger charge is 2.33. The number of thiazole rings is 1. The van der Waals surface area contributed by atoms with E-state index < -0.39 is 12.0 Å². The van der Waals surface area contributed by atoms with Crippen molar-refractivity contribution in [3.05, 3.63) is 90.6 Å². The third-order valence-corrected chi connectivity index (χ3v) is 7.09. The van der Waals surface area contributed by atoms with Gasteiger partial charge in [-0.1, -0.05) is 35.6 Å². The van der Waals surface area contributed by atoms with Gasteiger partial charge in [0, 0.05) is 4.90 Å². The van der Waals surface area contributed by atoms with E-state index in [1.54, 1.807) is 37.3 Å². The number of nitrogens with zero attached hydrogens (tertiary/aromatic N) is 2. The van der Waals surface area contributed by atoms with Crippen LogP contribution in [0.2, 0.25) is 0 Å². The third kappa shape index (κ3) is 4.54. The number of esters is 1. The maximum Gasteiger partial charge on any atom is 0.338 e. The second kappa shape index (κ2) is 9.80. The van der Waals surface area contributed by atoms with E-state index in [1.807, 2.05) is 60.9 Å². The molecule has 170 valence electrons. The topological polar surface area (TPSA) is 69.9 Å². The van der Waals surface area contributed by atoms with Gasteiger partial charge in [0.25, 0.3) is 5.56 Å². The summed E-state index contributed by atoms with van der Waals surface area (Å²) < 4.78 is 12.7. The number of carbonyl (C=O) groups is 1. The number of hydrogen-bond donors (Lipinski definition) is 0. The molecule has 0 bridgehead atoms. The number of benzene rings is 2. The van der Waals surface area contributed by atoms with Gasteiger partial charge in [0.2, 0.25) is 0 Å². The van der Waals surface area contributed by atoms with Gasteiger partial charge in [-0.2, -0.15) is 0 Å². The fourth-order valence-electron chi connectivity index (χ4n) is 3.74. The summed E-state index contributed by atoms with van der Waals surface area (Å²) in [5.41, 5.74) is 2.44. The van der Waals surface area contributed by atoms with Crippen molar-refractivity contribution in [2.24, 2.45) is 4.99 Å². The van der Waals surface area contributed by atoms with Crippen LogP contribution >= 0.6 is 23.1 Å². The van der Waals surface area contributed by atoms with Crippen molar-refractivity contribution in [3.8, 4) is 5.75 Å². The Bertz CT molecular complexity index is 1380. The molecule has 0 saturated heterocycles. The van der Waals surface area contributed by atoms with E-state index in [2.05, 4.69) is 4.99 Å². The van der Waals surface area contributed by atoms with E-state index in [9.17, 15) is 9.59 Å². The summed E-state index contributed by atoms with van der Waals surface area (Å²) in [5, 5.41) is 0. The smallest absolute Gasteiger partial charge is 0.338 e. The zero-order chi connectivity index (χ0) is 23.5. The van der Waals surface area contributed by atoms with Gasteiger partial charge in [-0.05, 0) is 61.6 Å². The van der Waals surface area contributed by atoms with Crippen molar-refractivity contribution in [2.45, 2.75) is 24.8 Å². The van der Waals surface area contributed by atoms with Crippen molar-refractivity contribution in [1.82, 2.24) is 4.57 Å². The van der Waals surface area contributed by atoms with Gasteiger partial charge in [0.15, 0.2) is 4.80 Å². The summed E-state index contributed by atoms with van der Waals surface area (Å²) in [6.45, 7) is 3.77. The first-order valence-electron chi connectivity index (χ1n) is 10.4. The lowest BCUT2D eigenvalue weighted by Gasteiger charge is -2.24. The zero-order valence-electron chi connectivity index (χ0n) is 18.8. The summed E-state index contributed by atoms with van der Waals surface area (Å²) in [5.74, 6) is 0.222. The van der Waals surface area contributed by atoms with Crippen LogP contribution in [-0.2, 0) is 9.53 Å². The van der Waals surface area contributed by atoms with Crippen molar-refractivity contribution >= 4 is 35.1 Å². The van der Waals surface area contributed by atoms with Crippen LogP contribution in [0.3, 0.4) is 0 Å². The van der Waals surface area contributed by atoms with Crippen molar-refractivity contribution in [3.63, 3.8) is 0 Å². The van der Waals surface area contributed by atoms with Crippen LogP contribution in [0, 0.1) is 0 Å². The van der Waals surface area contributed by atoms with E-state index in [0.29, 0.717) is 26.4 Å². The van der Waals surface area contributed by atoms with Gasteiger partial charge >= 0.3 is 5.97 Å². The molecule has 1 aromatic heterocycles. The van der Waals surface area contributed by atoms with E-state index in [1.165, 1.54) is 11.3 Å². The van der Waals surface area contributed by atoms with Gasteiger partial charge < -0.3 is 9.47 Å². The average Bonchev–Trinajstić information content (AvgIpc) is 3.13. The van der Waals surface area contributed by atoms with Crippen molar-refractivity contribution in [2.75, 3.05) is 20.0 Å². The monoisotopic (exact) mass is 480 g/mol. The van der Waals surface area contributed by atoms with Crippen LogP contribution in [0.5, 0.6) is 5.75 Å². The molecule has 33 heavy (non-hydrogen) atoms. The first kappa shape index (κ1) is 23.1. The van der Waals surface area contributed by atoms with Gasteiger partial charge in [0.1, 0.15) is 5.75 Å². The number of thioether (sulfide) groups is 1. The van der Waals surface area contributed by atoms with Crippen LogP contribution in [0.1, 0.15) is 31.0 Å². The number of methoxy groups -OCH3 is 1. The fraction of sp³-hybridized carbons (Fsp3) is 0.240. The van der Waals surface area contributed by atoms with Crippen LogP contribution in [0.25, 0.3) is 6.08 Å². The molecule has 2 aromatic carbocycles. The summed E-state index contributed by atoms with van der Waals surface area (Å²) >= 11 is 2.98. The summed E-state index contributed by atoms with van der Waals surface area (Å²) in [6, 6.07) is 14.7. The summed E-state index contributed by atoms with van der Waals surface area (Å²) in [4.78, 5) is 32.8. The standard InChI is InChI=1S/C25H24N2O4S2/c1-5-31-24(29)21-15(2)26-25-27(22(21)17-8-10-18(30-3)11-9-17)23(28)20(33-25)14-16-6-12-19(32-4)13-7-16/h6-14,22H,5H2,1-4H3/b20-14-/t22-/m0/s1. The van der Waals surface area contributed by atoms with Crippen LogP contribution in [0.4, 0.5) is 0 Å². The fourth-order valence-corrected chi connectivity index (χ4v) is 5.20. The molecule has 0 amide bonds. The molecule has 4 rings (SSSR count). The Morgan fingerprint density at radius 3 is 2.48 bits per heavy atom. The minimum Gasteiger partial charge on any atom is -0.497 e. The highest BCUT2D eigenvalue weighted by atomic mass is 32.2. The quantitative estimate of drug-likeness (QED) is 0.399. The number of allylic oxidation sites excluding steroid dienone is 1. The molecule has 2 heterocycles. The largest absolute Gasteiger partial charge is 0.497 e. The lowest BCUT2D eigenvalue weighted by Crippen LogP contribution is -2.39. The predicted molar refractivity (Wildman–Crippen MR) is 132 cm³/mol. The van der Waals surface area contributed by atoms with E-state index in [4.69, 9.17) is 9.47 Å². The Kier molecular flexibility index (Phi) is 6.85. The molecule has 0 N–H and O–H groups in total. The SMILES string of the molecule is CCOC(=O)C1=C(C)N=c2s/c(=C\c3ccc(SC)cc3)c(=O)n2[C@H]1c1ccc(OC)cc1. The molecule has 0 fully saturated rings. The molecule has 0 radical (unpaired) electrons. The molecule has 0 saturated carbocycles. The third-order valence-electron chi connectivity index (χ3n) is 5.36. The highest BCUT2D eigenvalue weighted by molar-refractivity contribution is 7.98. The molecule has 1 aliphatic heterocycles. The van der Waals surface area contributed by atoms with Gasteiger partial charge in [-0.3, -0.25) is 9.36 Å². The molecule has 8 heteroatoms. The highest BCUT2D eigenvalue weighted by Crippen LogP contribution is 2.31. The number of ether oxygens (including phenoxy) is 2. The van der Waals surface area contributed by atoms with Gasteiger partial charge in [0.05, 0.1) is 35.6 Å². The van der Waals surface area contributed by atoms with E-state index in [-0.39, 0.29) is 12.2 Å². The lowest BCUT2D eigenvalue weighted by molar-refractivity contribution is -0.139. The van der Waals surface area contributed by atoms with E-state index in [0.717, 1.165) is 16.0 Å². The molecule has 1 aliphatic rings. The molecular formula is C25H24N2O4S2. The van der Waals surface area contributed by atoms with Crippen molar-refractivity contribution in [1.29, 1.82) is 0 Å². The second-order valence-electron chi connectivity index (χ2n) is 7.35. The van der Waals surface area contributed by atoms with Crippen LogP contribution in [0.15, 0.2) is 74.5 Å². The summed E-state index contributed by atoms with van der Waals surface area (Å²) in [7, 11) is 1.60. The minimum atomic E-state index is -0.632. The van der Waals surface area contributed by atoms with Crippen molar-refractivity contribution < 1.29 is 14.3 Å². The molecule has 1 atom stereocenters. The number of rotatable bonds is 6. The lowest BCUT2D eigenvalue weighted by atomic mass is 9.96. The number of fused-ring (bicyclic) bond motifs is 1. The maximum atomic E-state index is 13.6. The molecule has 6 nitrogen and oxygen atoms in total. The summed E-state index contributed by atoms with van der Waals surface area (Å²) in [6.07, 6.45) is 3.89. The van der Waals surface area contributed by atoms with Gasteiger partial charge in [-0.25, -0.2) is 9.79 Å². The predicted octanol–water partition coefficient (Wildman–Crippen LogP) is 3.53. The first-order valence-corrected chi connectivity index (χ1v) is 12.5. The Morgan fingerprint density at radius 1 is 1.18 bits per heavy atom. The second-order valence-corrected chi connectivity index (χ2v) is 9.24. The Balaban J connectivity index is 1.90. The molecule has 0 aliphatic carbocycles. The van der Waals surface area contributed by atoms with Crippen LogP contribution < -0.4 is 19.6 Å².